The first-order valence-electron chi connectivity index (χ1n) is 4.56. The molecule has 0 bridgehead atoms. The molecule has 3 N–H and O–H groups in total. The highest BCUT2D eigenvalue weighted by atomic mass is 79.9. The van der Waals surface area contributed by atoms with Gasteiger partial charge in [-0.3, -0.25) is 0 Å². The molecule has 1 aromatic heterocycles. The largest absolute Gasteiger partial charge is 0.368 e. The highest BCUT2D eigenvalue weighted by Gasteiger charge is 2.06. The molecule has 1 aromatic carbocycles. The maximum absolute atomic E-state index is 13.4. The maximum atomic E-state index is 13.4. The molecule has 88 valence electrons. The standard InChI is InChI=1S/C10H7BrClFN4/c11-6-3-5(1-2-7(6)12)16-9-8(13)4-15-10(14)17-9/h1-4H,(H3,14,15,16,17). The van der Waals surface area contributed by atoms with Crippen LogP contribution in [-0.2, 0) is 0 Å². The lowest BCUT2D eigenvalue weighted by Gasteiger charge is -2.07. The lowest BCUT2D eigenvalue weighted by atomic mass is 10.3. The van der Waals surface area contributed by atoms with Crippen LogP contribution < -0.4 is 11.1 Å². The normalized spacial score (nSPS) is 10.3. The van der Waals surface area contributed by atoms with Crippen LogP contribution in [0.2, 0.25) is 5.02 Å². The number of halogens is 3. The highest BCUT2D eigenvalue weighted by molar-refractivity contribution is 9.10. The van der Waals surface area contributed by atoms with Gasteiger partial charge >= 0.3 is 0 Å². The van der Waals surface area contributed by atoms with Crippen molar-refractivity contribution >= 4 is 45.0 Å². The number of hydrogen-bond donors (Lipinski definition) is 2. The molecule has 2 aromatic rings. The molecule has 0 fully saturated rings. The van der Waals surface area contributed by atoms with Crippen LogP contribution in [0.1, 0.15) is 0 Å². The van der Waals surface area contributed by atoms with E-state index in [-0.39, 0.29) is 11.8 Å². The van der Waals surface area contributed by atoms with Gasteiger partial charge in [0.25, 0.3) is 0 Å². The SMILES string of the molecule is Nc1ncc(F)c(Nc2ccc(Cl)c(Br)c2)n1. The number of benzene rings is 1. The van der Waals surface area contributed by atoms with Crippen LogP contribution in [0.25, 0.3) is 0 Å². The fourth-order valence-electron chi connectivity index (χ4n) is 1.18. The lowest BCUT2D eigenvalue weighted by Crippen LogP contribution is -2.02. The number of rotatable bonds is 2. The summed E-state index contributed by atoms with van der Waals surface area (Å²) >= 11 is 9.12. The van der Waals surface area contributed by atoms with Gasteiger partial charge in [0, 0.05) is 10.2 Å². The first kappa shape index (κ1) is 12.1. The summed E-state index contributed by atoms with van der Waals surface area (Å²) in [4.78, 5) is 7.29. The summed E-state index contributed by atoms with van der Waals surface area (Å²) in [6, 6.07) is 5.08. The van der Waals surface area contributed by atoms with Gasteiger partial charge in [-0.15, -0.1) is 0 Å². The van der Waals surface area contributed by atoms with Crippen LogP contribution in [0.5, 0.6) is 0 Å². The van der Waals surface area contributed by atoms with E-state index in [1.807, 2.05) is 0 Å². The summed E-state index contributed by atoms with van der Waals surface area (Å²) in [5.74, 6) is -0.557. The topological polar surface area (TPSA) is 63.8 Å². The van der Waals surface area contributed by atoms with Crippen LogP contribution in [0, 0.1) is 5.82 Å². The number of nitrogens with two attached hydrogens (primary N) is 1. The molecule has 17 heavy (non-hydrogen) atoms. The molecule has 0 aliphatic rings. The third kappa shape index (κ3) is 2.83. The van der Waals surface area contributed by atoms with E-state index in [1.54, 1.807) is 18.2 Å². The van der Waals surface area contributed by atoms with Crippen molar-refractivity contribution in [1.29, 1.82) is 0 Å². The molecule has 0 unspecified atom stereocenters. The zero-order valence-electron chi connectivity index (χ0n) is 8.42. The minimum atomic E-state index is -0.578. The lowest BCUT2D eigenvalue weighted by molar-refractivity contribution is 0.620. The van der Waals surface area contributed by atoms with Crippen molar-refractivity contribution in [2.24, 2.45) is 0 Å². The maximum Gasteiger partial charge on any atom is 0.222 e. The molecule has 2 rings (SSSR count). The summed E-state index contributed by atoms with van der Waals surface area (Å²) < 4.78 is 14.1. The third-order valence-electron chi connectivity index (χ3n) is 1.95. The zero-order chi connectivity index (χ0) is 12.4. The van der Waals surface area contributed by atoms with Crippen molar-refractivity contribution < 1.29 is 4.39 Å². The second-order valence-electron chi connectivity index (χ2n) is 3.18. The quantitative estimate of drug-likeness (QED) is 0.891. The number of nitrogens with one attached hydrogen (secondary N) is 1. The van der Waals surface area contributed by atoms with Gasteiger partial charge in [0.2, 0.25) is 5.95 Å². The second kappa shape index (κ2) is 4.85. The average molecular weight is 318 g/mol. The summed E-state index contributed by atoms with van der Waals surface area (Å²) in [6.45, 7) is 0. The Hall–Kier alpha value is -1.40. The Kier molecular flexibility index (Phi) is 3.44. The highest BCUT2D eigenvalue weighted by Crippen LogP contribution is 2.27. The fraction of sp³-hybridized carbons (Fsp3) is 0. The van der Waals surface area contributed by atoms with Crippen LogP contribution in [0.4, 0.5) is 21.8 Å². The van der Waals surface area contributed by atoms with Gasteiger partial charge in [0.15, 0.2) is 11.6 Å². The van der Waals surface area contributed by atoms with Crippen LogP contribution in [0.15, 0.2) is 28.9 Å². The van der Waals surface area contributed by atoms with E-state index >= 15 is 0 Å². The first-order valence-corrected chi connectivity index (χ1v) is 5.73. The van der Waals surface area contributed by atoms with E-state index in [1.165, 1.54) is 0 Å². The molecule has 0 atom stereocenters. The average Bonchev–Trinajstić information content (AvgIpc) is 2.29. The number of aromatic nitrogens is 2. The van der Waals surface area contributed by atoms with Crippen molar-refractivity contribution in [3.63, 3.8) is 0 Å². The van der Waals surface area contributed by atoms with Crippen molar-refractivity contribution in [2.45, 2.75) is 0 Å². The Balaban J connectivity index is 2.31. The van der Waals surface area contributed by atoms with Crippen LogP contribution >= 0.6 is 27.5 Å². The van der Waals surface area contributed by atoms with Crippen molar-refractivity contribution in [2.75, 3.05) is 11.1 Å². The summed E-state index contributed by atoms with van der Waals surface area (Å²) in [6.07, 6.45) is 1.01. The molecule has 1 heterocycles. The molecule has 0 spiro atoms. The Morgan fingerprint density at radius 3 is 2.88 bits per heavy atom. The van der Waals surface area contributed by atoms with E-state index in [0.29, 0.717) is 15.2 Å². The Labute approximate surface area is 110 Å². The number of nitrogen functional groups attached to an aromatic ring is 1. The molecular weight excluding hydrogens is 310 g/mol. The third-order valence-corrected chi connectivity index (χ3v) is 3.16. The zero-order valence-corrected chi connectivity index (χ0v) is 10.8. The number of nitrogens with zero attached hydrogens (tertiary/aromatic N) is 2. The summed E-state index contributed by atoms with van der Waals surface area (Å²) in [5, 5.41) is 3.35. The molecule has 7 heteroatoms. The predicted octanol–water partition coefficient (Wildman–Crippen LogP) is 3.36. The van der Waals surface area contributed by atoms with E-state index in [4.69, 9.17) is 17.3 Å². The predicted molar refractivity (Wildman–Crippen MR) is 68.8 cm³/mol. The molecule has 0 aliphatic carbocycles. The van der Waals surface area contributed by atoms with Gasteiger partial charge < -0.3 is 11.1 Å². The molecule has 0 radical (unpaired) electrons. The number of anilines is 3. The number of hydrogen-bond acceptors (Lipinski definition) is 4. The van der Waals surface area contributed by atoms with E-state index in [9.17, 15) is 4.39 Å². The van der Waals surface area contributed by atoms with E-state index < -0.39 is 5.82 Å². The molecular formula is C10H7BrClFN4. The molecule has 0 amide bonds. The monoisotopic (exact) mass is 316 g/mol. The smallest absolute Gasteiger partial charge is 0.222 e. The van der Waals surface area contributed by atoms with Gasteiger partial charge in [0.1, 0.15) is 0 Å². The molecule has 0 saturated heterocycles. The van der Waals surface area contributed by atoms with Crippen molar-refractivity contribution in [1.82, 2.24) is 9.97 Å². The van der Waals surface area contributed by atoms with Crippen molar-refractivity contribution in [3.8, 4) is 0 Å². The van der Waals surface area contributed by atoms with Crippen LogP contribution in [-0.4, -0.2) is 9.97 Å². The Bertz CT molecular complexity index is 564. The Morgan fingerprint density at radius 2 is 2.18 bits per heavy atom. The summed E-state index contributed by atoms with van der Waals surface area (Å²) in [5.41, 5.74) is 6.01. The van der Waals surface area contributed by atoms with Gasteiger partial charge in [-0.2, -0.15) is 4.98 Å². The fourth-order valence-corrected chi connectivity index (χ4v) is 1.68. The first-order chi connectivity index (χ1) is 8.06. The van der Waals surface area contributed by atoms with E-state index in [0.717, 1.165) is 6.20 Å². The molecule has 4 nitrogen and oxygen atoms in total. The minimum Gasteiger partial charge on any atom is -0.368 e. The molecule has 0 aliphatic heterocycles. The summed E-state index contributed by atoms with van der Waals surface area (Å²) in [7, 11) is 0. The van der Waals surface area contributed by atoms with Gasteiger partial charge in [-0.1, -0.05) is 11.6 Å². The Morgan fingerprint density at radius 1 is 1.41 bits per heavy atom. The minimum absolute atomic E-state index is 0.00179. The van der Waals surface area contributed by atoms with Gasteiger partial charge in [0.05, 0.1) is 11.2 Å². The van der Waals surface area contributed by atoms with Gasteiger partial charge in [-0.05, 0) is 34.1 Å². The second-order valence-corrected chi connectivity index (χ2v) is 4.44. The van der Waals surface area contributed by atoms with Crippen molar-refractivity contribution in [3.05, 3.63) is 39.7 Å². The van der Waals surface area contributed by atoms with E-state index in [2.05, 4.69) is 31.2 Å². The van der Waals surface area contributed by atoms with Gasteiger partial charge in [-0.25, -0.2) is 9.37 Å². The van der Waals surface area contributed by atoms with Crippen LogP contribution in [0.3, 0.4) is 0 Å². The molecule has 0 saturated carbocycles.